The quantitative estimate of drug-likeness (QED) is 0.162. The number of fused-ring (bicyclic) bond motifs is 4. The molecule has 5 rings (SSSR count). The molecule has 0 aliphatic heterocycles. The molecule has 1 nitrogen and oxygen atoms in total. The lowest BCUT2D eigenvalue weighted by Gasteiger charge is -2.24. The summed E-state index contributed by atoms with van der Waals surface area (Å²) >= 11 is 0. The molecular weight excluding hydrogens is 470 g/mol. The second kappa shape index (κ2) is 11.2. The van der Waals surface area contributed by atoms with Gasteiger partial charge >= 0.3 is 0 Å². The first-order valence-corrected chi connectivity index (χ1v) is 15.2. The molecule has 0 N–H and O–H groups in total. The zero-order valence-corrected chi connectivity index (χ0v) is 25.1. The van der Waals surface area contributed by atoms with E-state index in [2.05, 4.69) is 125 Å². The van der Waals surface area contributed by atoms with Gasteiger partial charge in [-0.1, -0.05) is 109 Å². The van der Waals surface area contributed by atoms with Gasteiger partial charge in [0.05, 0.1) is 16.7 Å². The standard InChI is InChI=1S/C38H47N/c1-7-8-24-38(5,6)27-29-20-22-36-33(26-29)31-16-9-10-17-34(31)39(36)35-18-13-15-30-21-19-28(25-32(30)35)14-11-12-23-37(2,3)4/h9-10,13,15-22,25-26H,7-8,11-12,14,23-24,27H2,1-6H3. The molecule has 39 heavy (non-hydrogen) atoms. The number of benzene rings is 4. The predicted octanol–water partition coefficient (Wildman–Crippen LogP) is 11.5. The van der Waals surface area contributed by atoms with Gasteiger partial charge in [-0.2, -0.15) is 0 Å². The van der Waals surface area contributed by atoms with E-state index in [9.17, 15) is 0 Å². The second-order valence-electron chi connectivity index (χ2n) is 13.7. The summed E-state index contributed by atoms with van der Waals surface area (Å²) in [5, 5.41) is 5.37. The average Bonchev–Trinajstić information content (AvgIpc) is 3.22. The molecule has 0 fully saturated rings. The summed E-state index contributed by atoms with van der Waals surface area (Å²) < 4.78 is 2.50. The topological polar surface area (TPSA) is 4.93 Å². The molecule has 0 amide bonds. The van der Waals surface area contributed by atoms with Gasteiger partial charge in [0.25, 0.3) is 0 Å². The van der Waals surface area contributed by atoms with Gasteiger partial charge in [0, 0.05) is 16.2 Å². The molecule has 0 unspecified atom stereocenters. The Hall–Kier alpha value is -3.06. The molecule has 1 heterocycles. The highest BCUT2D eigenvalue weighted by Gasteiger charge is 2.20. The fraction of sp³-hybridized carbons (Fsp3) is 0.421. The lowest BCUT2D eigenvalue weighted by molar-refractivity contribution is 0.321. The van der Waals surface area contributed by atoms with Crippen molar-refractivity contribution < 1.29 is 0 Å². The van der Waals surface area contributed by atoms with Crippen LogP contribution in [0.3, 0.4) is 0 Å². The highest BCUT2D eigenvalue weighted by Crippen LogP contribution is 2.37. The third-order valence-electron chi connectivity index (χ3n) is 8.43. The van der Waals surface area contributed by atoms with E-state index in [0.29, 0.717) is 10.8 Å². The molecule has 0 spiro atoms. The highest BCUT2D eigenvalue weighted by molar-refractivity contribution is 6.10. The van der Waals surface area contributed by atoms with Gasteiger partial charge in [0.15, 0.2) is 0 Å². The van der Waals surface area contributed by atoms with E-state index < -0.39 is 0 Å². The summed E-state index contributed by atoms with van der Waals surface area (Å²) in [6.45, 7) is 14.2. The largest absolute Gasteiger partial charge is 0.309 e. The Bertz CT molecular complexity index is 1570. The molecule has 5 aromatic rings. The van der Waals surface area contributed by atoms with Gasteiger partial charge in [0.2, 0.25) is 0 Å². The van der Waals surface area contributed by atoms with Crippen LogP contribution in [-0.2, 0) is 12.8 Å². The van der Waals surface area contributed by atoms with Crippen molar-refractivity contribution in [1.82, 2.24) is 4.57 Å². The summed E-state index contributed by atoms with van der Waals surface area (Å²) in [7, 11) is 0. The molecule has 0 bridgehead atoms. The summed E-state index contributed by atoms with van der Waals surface area (Å²) in [4.78, 5) is 0. The number of aryl methyl sites for hydroxylation is 1. The monoisotopic (exact) mass is 517 g/mol. The predicted molar refractivity (Wildman–Crippen MR) is 172 cm³/mol. The highest BCUT2D eigenvalue weighted by atomic mass is 15.0. The first-order valence-electron chi connectivity index (χ1n) is 15.2. The van der Waals surface area contributed by atoms with Gasteiger partial charge in [-0.05, 0) is 89.8 Å². The van der Waals surface area contributed by atoms with Crippen LogP contribution in [0.4, 0.5) is 0 Å². The molecule has 0 aliphatic rings. The number of aromatic nitrogens is 1. The van der Waals surface area contributed by atoms with Crippen molar-refractivity contribution in [2.45, 2.75) is 92.9 Å². The van der Waals surface area contributed by atoms with Crippen LogP contribution in [0, 0.1) is 10.8 Å². The normalized spacial score (nSPS) is 12.7. The second-order valence-corrected chi connectivity index (χ2v) is 13.7. The van der Waals surface area contributed by atoms with Crippen LogP contribution in [0.2, 0.25) is 0 Å². The van der Waals surface area contributed by atoms with Crippen LogP contribution in [0.25, 0.3) is 38.3 Å². The summed E-state index contributed by atoms with van der Waals surface area (Å²) in [5.41, 5.74) is 7.50. The Balaban J connectivity index is 1.56. The number of hydrogen-bond acceptors (Lipinski definition) is 0. The Morgan fingerprint density at radius 3 is 2.15 bits per heavy atom. The third kappa shape index (κ3) is 6.24. The van der Waals surface area contributed by atoms with Crippen molar-refractivity contribution in [3.63, 3.8) is 0 Å². The third-order valence-corrected chi connectivity index (χ3v) is 8.43. The Morgan fingerprint density at radius 1 is 0.615 bits per heavy atom. The number of rotatable bonds is 10. The molecule has 0 saturated heterocycles. The van der Waals surface area contributed by atoms with E-state index >= 15 is 0 Å². The van der Waals surface area contributed by atoms with Gasteiger partial charge in [-0.25, -0.2) is 0 Å². The molecule has 0 saturated carbocycles. The molecule has 1 aromatic heterocycles. The van der Waals surface area contributed by atoms with Crippen LogP contribution in [0.15, 0.2) is 78.9 Å². The SMILES string of the molecule is CCCCC(C)(C)Cc1ccc2c(c1)c1ccccc1n2-c1cccc2ccc(CCCCC(C)(C)C)cc12. The van der Waals surface area contributed by atoms with E-state index in [1.54, 1.807) is 0 Å². The van der Waals surface area contributed by atoms with Crippen LogP contribution >= 0.6 is 0 Å². The average molecular weight is 518 g/mol. The Kier molecular flexibility index (Phi) is 7.90. The van der Waals surface area contributed by atoms with Crippen LogP contribution in [0.5, 0.6) is 0 Å². The minimum atomic E-state index is 0.320. The van der Waals surface area contributed by atoms with Gasteiger partial charge in [-0.15, -0.1) is 0 Å². The lowest BCUT2D eigenvalue weighted by atomic mass is 9.81. The Labute approximate surface area is 236 Å². The smallest absolute Gasteiger partial charge is 0.0541 e. The maximum atomic E-state index is 2.50. The lowest BCUT2D eigenvalue weighted by Crippen LogP contribution is -2.14. The number of unbranched alkanes of at least 4 members (excludes halogenated alkanes) is 2. The fourth-order valence-corrected chi connectivity index (χ4v) is 6.32. The van der Waals surface area contributed by atoms with Crippen molar-refractivity contribution in [1.29, 1.82) is 0 Å². The molecule has 1 heteroatoms. The first-order chi connectivity index (χ1) is 18.6. The zero-order valence-electron chi connectivity index (χ0n) is 25.1. The van der Waals surface area contributed by atoms with Gasteiger partial charge < -0.3 is 4.57 Å². The summed E-state index contributed by atoms with van der Waals surface area (Å²) in [6, 6.07) is 30.0. The van der Waals surface area contributed by atoms with Crippen LogP contribution in [-0.4, -0.2) is 4.57 Å². The Morgan fingerprint density at radius 2 is 1.36 bits per heavy atom. The minimum Gasteiger partial charge on any atom is -0.309 e. The van der Waals surface area contributed by atoms with Crippen molar-refractivity contribution in [3.8, 4) is 5.69 Å². The number of nitrogens with zero attached hydrogens (tertiary/aromatic N) is 1. The van der Waals surface area contributed by atoms with Crippen LogP contribution < -0.4 is 0 Å². The van der Waals surface area contributed by atoms with Crippen molar-refractivity contribution in [2.24, 2.45) is 10.8 Å². The molecule has 0 radical (unpaired) electrons. The zero-order chi connectivity index (χ0) is 27.6. The van der Waals surface area contributed by atoms with Crippen molar-refractivity contribution in [3.05, 3.63) is 90.0 Å². The number of hydrogen-bond donors (Lipinski definition) is 0. The maximum Gasteiger partial charge on any atom is 0.0541 e. The van der Waals surface area contributed by atoms with E-state index in [0.717, 1.165) is 12.8 Å². The summed E-state index contributed by atoms with van der Waals surface area (Å²) in [6.07, 6.45) is 9.92. The molecule has 4 aromatic carbocycles. The maximum absolute atomic E-state index is 2.50. The first kappa shape index (κ1) is 27.5. The number of para-hydroxylation sites is 1. The van der Waals surface area contributed by atoms with E-state index in [1.807, 2.05) is 0 Å². The molecular formula is C38H47N. The van der Waals surface area contributed by atoms with Gasteiger partial charge in [-0.3, -0.25) is 0 Å². The molecule has 0 atom stereocenters. The van der Waals surface area contributed by atoms with E-state index in [1.165, 1.54) is 87.9 Å². The fourth-order valence-electron chi connectivity index (χ4n) is 6.32. The van der Waals surface area contributed by atoms with Gasteiger partial charge in [0.1, 0.15) is 0 Å². The molecule has 0 aliphatic carbocycles. The summed E-state index contributed by atoms with van der Waals surface area (Å²) in [5.74, 6) is 0. The van der Waals surface area contributed by atoms with Crippen molar-refractivity contribution >= 4 is 32.6 Å². The minimum absolute atomic E-state index is 0.320. The van der Waals surface area contributed by atoms with E-state index in [4.69, 9.17) is 0 Å². The van der Waals surface area contributed by atoms with Crippen LogP contribution in [0.1, 0.15) is 91.2 Å². The van der Waals surface area contributed by atoms with E-state index in [-0.39, 0.29) is 0 Å². The van der Waals surface area contributed by atoms with Crippen molar-refractivity contribution in [2.75, 3.05) is 0 Å². The molecule has 204 valence electrons.